The predicted octanol–water partition coefficient (Wildman–Crippen LogP) is 3.10. The average Bonchev–Trinajstić information content (AvgIpc) is 3.42. The summed E-state index contributed by atoms with van der Waals surface area (Å²) in [5.74, 6) is -1.74. The summed E-state index contributed by atoms with van der Waals surface area (Å²) in [5, 5.41) is 9.06. The Morgan fingerprint density at radius 2 is 2.10 bits per heavy atom. The number of likely N-dealkylation sites (tertiary alicyclic amines) is 1. The highest BCUT2D eigenvalue weighted by Crippen LogP contribution is 2.39. The first-order valence-electron chi connectivity index (χ1n) is 9.61. The monoisotopic (exact) mass is 453 g/mol. The zero-order chi connectivity index (χ0) is 21.7. The lowest BCUT2D eigenvalue weighted by atomic mass is 9.92. The van der Waals surface area contributed by atoms with Crippen molar-refractivity contribution in [3.63, 3.8) is 0 Å². The second-order valence-electron chi connectivity index (χ2n) is 7.49. The van der Waals surface area contributed by atoms with E-state index in [2.05, 4.69) is 15.3 Å². The molecule has 1 aliphatic heterocycles. The number of rotatable bonds is 5. The number of fused-ring (bicyclic) bond motifs is 2. The van der Waals surface area contributed by atoms with Crippen LogP contribution in [-0.4, -0.2) is 42.4 Å². The minimum absolute atomic E-state index is 0.0115. The van der Waals surface area contributed by atoms with Gasteiger partial charge in [-0.25, -0.2) is 9.67 Å². The molecule has 1 amide bonds. The number of Topliss-reactive ketones (excluding diaryl/α,β-unsaturated/α-hetero) is 2. The van der Waals surface area contributed by atoms with Gasteiger partial charge >= 0.3 is 0 Å². The van der Waals surface area contributed by atoms with Crippen molar-refractivity contribution in [1.29, 1.82) is 0 Å². The van der Waals surface area contributed by atoms with E-state index in [0.29, 0.717) is 27.9 Å². The number of carbonyl (C=O) groups is 3. The fourth-order valence-electron chi connectivity index (χ4n) is 3.96. The molecule has 31 heavy (non-hydrogen) atoms. The van der Waals surface area contributed by atoms with Crippen molar-refractivity contribution < 1.29 is 14.4 Å². The molecule has 1 aromatic carbocycles. The zero-order valence-corrected chi connectivity index (χ0v) is 18.0. The van der Waals surface area contributed by atoms with Crippen molar-refractivity contribution in [1.82, 2.24) is 24.9 Å². The molecule has 1 unspecified atom stereocenters. The van der Waals surface area contributed by atoms with Crippen molar-refractivity contribution in [2.24, 2.45) is 5.92 Å². The number of thiazole rings is 1. The maximum atomic E-state index is 12.6. The van der Waals surface area contributed by atoms with E-state index in [0.717, 1.165) is 15.8 Å². The van der Waals surface area contributed by atoms with Crippen molar-refractivity contribution >= 4 is 50.6 Å². The molecular weight excluding hydrogens is 438 g/mol. The largest absolute Gasteiger partial charge is 0.302 e. The third-order valence-corrected chi connectivity index (χ3v) is 6.65. The molecule has 1 saturated heterocycles. The van der Waals surface area contributed by atoms with Crippen LogP contribution in [0.25, 0.3) is 10.2 Å². The Kier molecular flexibility index (Phi) is 4.79. The fourth-order valence-corrected chi connectivity index (χ4v) is 5.17. The summed E-state index contributed by atoms with van der Waals surface area (Å²) >= 11 is 7.45. The van der Waals surface area contributed by atoms with E-state index in [1.807, 2.05) is 31.2 Å². The summed E-state index contributed by atoms with van der Waals surface area (Å²) < 4.78 is 2.37. The molecule has 2 aliphatic rings. The van der Waals surface area contributed by atoms with E-state index in [9.17, 15) is 14.4 Å². The number of aromatic nitrogens is 4. The topological polar surface area (TPSA) is 98.1 Å². The number of allylic oxidation sites excluding steroid dienone is 4. The second kappa shape index (κ2) is 7.51. The van der Waals surface area contributed by atoms with Gasteiger partial charge in [-0.1, -0.05) is 28.9 Å². The van der Waals surface area contributed by atoms with Crippen molar-refractivity contribution in [3.05, 3.63) is 63.5 Å². The van der Waals surface area contributed by atoms with Crippen molar-refractivity contribution in [3.8, 4) is 0 Å². The lowest BCUT2D eigenvalue weighted by molar-refractivity contribution is -0.140. The van der Waals surface area contributed by atoms with Gasteiger partial charge < -0.3 is 4.90 Å². The lowest BCUT2D eigenvalue weighted by Gasteiger charge is -2.23. The Bertz CT molecular complexity index is 1290. The SMILES string of the molecule is CC1=C2C(CC(Cl)=C1)C(=O)C(=O)N2Cc1cn(CC(=O)c2nc3ccccc3s2)nn1. The molecule has 0 saturated carbocycles. The summed E-state index contributed by atoms with van der Waals surface area (Å²) in [6.45, 7) is 1.92. The number of carbonyl (C=O) groups excluding carboxylic acids is 3. The molecule has 0 bridgehead atoms. The molecule has 3 aromatic rings. The fraction of sp³-hybridized carbons (Fsp3) is 0.238. The average molecular weight is 454 g/mol. The maximum Gasteiger partial charge on any atom is 0.295 e. The minimum Gasteiger partial charge on any atom is -0.302 e. The van der Waals surface area contributed by atoms with Gasteiger partial charge in [0.2, 0.25) is 11.6 Å². The molecule has 156 valence electrons. The number of amides is 1. The van der Waals surface area contributed by atoms with Crippen LogP contribution in [0.1, 0.15) is 28.8 Å². The quantitative estimate of drug-likeness (QED) is 0.435. The van der Waals surface area contributed by atoms with Crippen molar-refractivity contribution in [2.45, 2.75) is 26.4 Å². The third kappa shape index (κ3) is 3.49. The van der Waals surface area contributed by atoms with E-state index in [1.54, 1.807) is 12.3 Å². The molecule has 1 fully saturated rings. The van der Waals surface area contributed by atoms with Crippen LogP contribution < -0.4 is 0 Å². The molecule has 2 aromatic heterocycles. The molecule has 10 heteroatoms. The summed E-state index contributed by atoms with van der Waals surface area (Å²) in [7, 11) is 0. The first-order valence-corrected chi connectivity index (χ1v) is 10.8. The Hall–Kier alpha value is -3.17. The number of hydrogen-bond donors (Lipinski definition) is 0. The summed E-state index contributed by atoms with van der Waals surface area (Å²) in [5.41, 5.74) is 2.73. The number of ketones is 2. The van der Waals surface area contributed by atoms with Crippen LogP contribution in [0.4, 0.5) is 0 Å². The van der Waals surface area contributed by atoms with Crippen LogP contribution in [0.3, 0.4) is 0 Å². The molecule has 1 atom stereocenters. The van der Waals surface area contributed by atoms with Gasteiger partial charge in [0.05, 0.1) is 28.9 Å². The highest BCUT2D eigenvalue weighted by Gasteiger charge is 2.45. The van der Waals surface area contributed by atoms with Crippen LogP contribution >= 0.6 is 22.9 Å². The van der Waals surface area contributed by atoms with Crippen LogP contribution in [0.15, 0.2) is 52.8 Å². The van der Waals surface area contributed by atoms with E-state index in [-0.39, 0.29) is 18.9 Å². The number of halogens is 1. The van der Waals surface area contributed by atoms with Gasteiger partial charge in [-0.3, -0.25) is 14.4 Å². The Labute approximate surface area is 185 Å². The predicted molar refractivity (Wildman–Crippen MR) is 114 cm³/mol. The van der Waals surface area contributed by atoms with Gasteiger partial charge in [-0.15, -0.1) is 16.4 Å². The van der Waals surface area contributed by atoms with E-state index >= 15 is 0 Å². The molecule has 5 rings (SSSR count). The summed E-state index contributed by atoms with van der Waals surface area (Å²) in [6, 6.07) is 7.56. The van der Waals surface area contributed by atoms with Gasteiger partial charge in [0.15, 0.2) is 5.01 Å². The Morgan fingerprint density at radius 1 is 1.29 bits per heavy atom. The Morgan fingerprint density at radius 3 is 2.90 bits per heavy atom. The Balaban J connectivity index is 1.34. The molecule has 8 nitrogen and oxygen atoms in total. The number of para-hydroxylation sites is 1. The van der Waals surface area contributed by atoms with E-state index in [4.69, 9.17) is 11.6 Å². The highest BCUT2D eigenvalue weighted by atomic mass is 35.5. The van der Waals surface area contributed by atoms with Crippen LogP contribution in [-0.2, 0) is 22.7 Å². The molecule has 0 N–H and O–H groups in total. The summed E-state index contributed by atoms with van der Waals surface area (Å²) in [4.78, 5) is 43.4. The third-order valence-electron chi connectivity index (χ3n) is 5.31. The second-order valence-corrected chi connectivity index (χ2v) is 9.01. The zero-order valence-electron chi connectivity index (χ0n) is 16.4. The first-order chi connectivity index (χ1) is 14.9. The van der Waals surface area contributed by atoms with Gasteiger partial charge in [-0.05, 0) is 37.1 Å². The van der Waals surface area contributed by atoms with Gasteiger partial charge in [0.1, 0.15) is 12.2 Å². The number of hydrogen-bond acceptors (Lipinski definition) is 7. The van der Waals surface area contributed by atoms with Gasteiger partial charge in [0.25, 0.3) is 5.91 Å². The van der Waals surface area contributed by atoms with Gasteiger partial charge in [0, 0.05) is 10.7 Å². The molecule has 1 aliphatic carbocycles. The van der Waals surface area contributed by atoms with Crippen LogP contribution in [0.5, 0.6) is 0 Å². The highest BCUT2D eigenvalue weighted by molar-refractivity contribution is 7.20. The summed E-state index contributed by atoms with van der Waals surface area (Å²) in [6.07, 6.45) is 3.72. The van der Waals surface area contributed by atoms with E-state index < -0.39 is 17.6 Å². The first kappa shape index (κ1) is 19.8. The maximum absolute atomic E-state index is 12.6. The molecule has 3 heterocycles. The van der Waals surface area contributed by atoms with Crippen molar-refractivity contribution in [2.75, 3.05) is 0 Å². The van der Waals surface area contributed by atoms with Crippen LogP contribution in [0, 0.1) is 5.92 Å². The van der Waals surface area contributed by atoms with Gasteiger partial charge in [-0.2, -0.15) is 0 Å². The lowest BCUT2D eigenvalue weighted by Crippen LogP contribution is -2.26. The minimum atomic E-state index is -0.570. The molecule has 0 radical (unpaired) electrons. The normalized spacial score (nSPS) is 18.7. The van der Waals surface area contributed by atoms with Crippen LogP contribution in [0.2, 0.25) is 0 Å². The number of benzene rings is 1. The molecular formula is C21H16ClN5O3S. The standard InChI is InChI=1S/C21H16ClN5O3S/c1-11-6-12(22)7-14-18(11)27(21(30)19(14)29)9-13-8-26(25-24-13)10-16(28)20-23-15-4-2-3-5-17(15)31-20/h2-6,8,14H,7,9-10H2,1H3. The molecule has 0 spiro atoms. The number of nitrogens with zero attached hydrogens (tertiary/aromatic N) is 5. The smallest absolute Gasteiger partial charge is 0.295 e. The van der Waals surface area contributed by atoms with E-state index in [1.165, 1.54) is 20.9 Å².